The molecular weight excluding hydrogens is 194 g/mol. The molecule has 0 radical (unpaired) electrons. The number of hydrogen-bond donors (Lipinski definition) is 2. The van der Waals surface area contributed by atoms with Gasteiger partial charge in [-0.05, 0) is 20.4 Å². The molecular formula is C10H23N3O2. The molecule has 0 aliphatic heterocycles. The zero-order chi connectivity index (χ0) is 11.7. The Morgan fingerprint density at radius 2 is 2.20 bits per heavy atom. The van der Waals surface area contributed by atoms with E-state index in [0.29, 0.717) is 6.54 Å². The maximum absolute atomic E-state index is 11.1. The molecule has 5 nitrogen and oxygen atoms in total. The summed E-state index contributed by atoms with van der Waals surface area (Å²) in [7, 11) is 3.72. The van der Waals surface area contributed by atoms with Crippen molar-refractivity contribution in [3.63, 3.8) is 0 Å². The van der Waals surface area contributed by atoms with Crippen LogP contribution in [0.3, 0.4) is 0 Å². The third kappa shape index (κ3) is 8.35. The first-order valence-electron chi connectivity index (χ1n) is 5.28. The average molecular weight is 217 g/mol. The molecule has 0 bridgehead atoms. The first-order valence-corrected chi connectivity index (χ1v) is 5.28. The number of carbonyl (C=O) groups excluding carboxylic acids is 1. The smallest absolute Gasteiger partial charge is 0.236 e. The number of hydrogen-bond acceptors (Lipinski definition) is 4. The number of nitrogens with zero attached hydrogens (tertiary/aromatic N) is 1. The zero-order valence-electron chi connectivity index (χ0n) is 9.95. The lowest BCUT2D eigenvalue weighted by molar-refractivity contribution is -0.122. The molecule has 5 heteroatoms. The minimum absolute atomic E-state index is 0.0970. The van der Waals surface area contributed by atoms with E-state index in [-0.39, 0.29) is 5.91 Å². The Bertz CT molecular complexity index is 174. The van der Waals surface area contributed by atoms with Crippen LogP contribution >= 0.6 is 0 Å². The van der Waals surface area contributed by atoms with Crippen molar-refractivity contribution in [1.82, 2.24) is 10.2 Å². The van der Waals surface area contributed by atoms with Crippen molar-refractivity contribution < 1.29 is 9.53 Å². The number of rotatable bonds is 8. The average Bonchev–Trinajstić information content (AvgIpc) is 2.18. The molecule has 1 atom stereocenters. The molecule has 0 aliphatic rings. The summed E-state index contributed by atoms with van der Waals surface area (Å²) in [4.78, 5) is 13.3. The Morgan fingerprint density at radius 1 is 1.53 bits per heavy atom. The van der Waals surface area contributed by atoms with Gasteiger partial charge in [-0.25, -0.2) is 0 Å². The van der Waals surface area contributed by atoms with E-state index in [2.05, 4.69) is 10.2 Å². The third-order valence-corrected chi connectivity index (χ3v) is 2.09. The predicted octanol–water partition coefficient (Wildman–Crippen LogP) is -0.582. The van der Waals surface area contributed by atoms with Gasteiger partial charge in [0.2, 0.25) is 5.91 Å². The Kier molecular flexibility index (Phi) is 8.27. The summed E-state index contributed by atoms with van der Waals surface area (Å²) in [5.41, 5.74) is 5.41. The third-order valence-electron chi connectivity index (χ3n) is 2.09. The minimum atomic E-state index is -0.427. The summed E-state index contributed by atoms with van der Waals surface area (Å²) in [6.45, 7) is 4.90. The van der Waals surface area contributed by atoms with Crippen molar-refractivity contribution in [1.29, 1.82) is 0 Å². The van der Waals surface area contributed by atoms with Gasteiger partial charge in [-0.3, -0.25) is 4.79 Å². The molecule has 0 aliphatic carbocycles. The standard InChI is InChI=1S/C10H23N3O2/c1-9(11)10(14)12-5-7-13(2)6-4-8-15-3/h9H,4-8,11H2,1-3H3,(H,12,14). The van der Waals surface area contributed by atoms with Crippen molar-refractivity contribution in [2.45, 2.75) is 19.4 Å². The summed E-state index contributed by atoms with van der Waals surface area (Å²) in [5.74, 6) is -0.0970. The van der Waals surface area contributed by atoms with Crippen LogP contribution in [0.25, 0.3) is 0 Å². The molecule has 0 aromatic heterocycles. The van der Waals surface area contributed by atoms with E-state index >= 15 is 0 Å². The van der Waals surface area contributed by atoms with Gasteiger partial charge in [-0.15, -0.1) is 0 Å². The summed E-state index contributed by atoms with van der Waals surface area (Å²) in [5, 5.41) is 2.77. The monoisotopic (exact) mass is 217 g/mol. The van der Waals surface area contributed by atoms with Crippen LogP contribution in [0, 0.1) is 0 Å². The van der Waals surface area contributed by atoms with Crippen LogP contribution in [-0.4, -0.2) is 57.2 Å². The molecule has 0 heterocycles. The molecule has 15 heavy (non-hydrogen) atoms. The SMILES string of the molecule is COCCCN(C)CCNC(=O)C(C)N. The molecule has 0 aromatic carbocycles. The van der Waals surface area contributed by atoms with Crippen LogP contribution in [0.1, 0.15) is 13.3 Å². The Labute approximate surface area is 91.9 Å². The van der Waals surface area contributed by atoms with E-state index < -0.39 is 6.04 Å². The summed E-state index contributed by atoms with van der Waals surface area (Å²) >= 11 is 0. The van der Waals surface area contributed by atoms with Gasteiger partial charge in [0.1, 0.15) is 0 Å². The maximum Gasteiger partial charge on any atom is 0.236 e. The van der Waals surface area contributed by atoms with Crippen molar-refractivity contribution in [3.05, 3.63) is 0 Å². The molecule has 1 amide bonds. The first kappa shape index (κ1) is 14.3. The van der Waals surface area contributed by atoms with Crippen LogP contribution in [0.5, 0.6) is 0 Å². The van der Waals surface area contributed by atoms with Gasteiger partial charge in [0, 0.05) is 33.4 Å². The van der Waals surface area contributed by atoms with E-state index in [1.165, 1.54) is 0 Å². The van der Waals surface area contributed by atoms with Gasteiger partial charge in [0.05, 0.1) is 6.04 Å². The predicted molar refractivity (Wildman–Crippen MR) is 60.6 cm³/mol. The van der Waals surface area contributed by atoms with Crippen LogP contribution in [0.4, 0.5) is 0 Å². The van der Waals surface area contributed by atoms with E-state index in [4.69, 9.17) is 10.5 Å². The fourth-order valence-corrected chi connectivity index (χ4v) is 1.12. The Hall–Kier alpha value is -0.650. The van der Waals surface area contributed by atoms with Crippen molar-refractivity contribution >= 4 is 5.91 Å². The second-order valence-electron chi connectivity index (χ2n) is 3.73. The number of nitrogens with one attached hydrogen (secondary N) is 1. The molecule has 0 fully saturated rings. The summed E-state index contributed by atoms with van der Waals surface area (Å²) < 4.78 is 4.95. The van der Waals surface area contributed by atoms with Crippen molar-refractivity contribution in [3.8, 4) is 0 Å². The van der Waals surface area contributed by atoms with E-state index in [9.17, 15) is 4.79 Å². The van der Waals surface area contributed by atoms with Crippen molar-refractivity contribution in [2.24, 2.45) is 5.73 Å². The highest BCUT2D eigenvalue weighted by Crippen LogP contribution is 1.87. The molecule has 0 saturated carbocycles. The first-order chi connectivity index (χ1) is 7.07. The molecule has 90 valence electrons. The fraction of sp³-hybridized carbons (Fsp3) is 0.900. The topological polar surface area (TPSA) is 67.6 Å². The van der Waals surface area contributed by atoms with Gasteiger partial charge in [0.15, 0.2) is 0 Å². The summed E-state index contributed by atoms with van der Waals surface area (Å²) in [6, 6.07) is -0.427. The van der Waals surface area contributed by atoms with Crippen LogP contribution in [0.15, 0.2) is 0 Å². The number of ether oxygens (including phenoxy) is 1. The van der Waals surface area contributed by atoms with Crippen LogP contribution < -0.4 is 11.1 Å². The highest BCUT2D eigenvalue weighted by atomic mass is 16.5. The van der Waals surface area contributed by atoms with E-state index in [0.717, 1.165) is 26.1 Å². The van der Waals surface area contributed by atoms with Gasteiger partial charge in [-0.2, -0.15) is 0 Å². The molecule has 0 aromatic rings. The van der Waals surface area contributed by atoms with Gasteiger partial charge >= 0.3 is 0 Å². The van der Waals surface area contributed by atoms with E-state index in [1.807, 2.05) is 7.05 Å². The Morgan fingerprint density at radius 3 is 2.73 bits per heavy atom. The largest absolute Gasteiger partial charge is 0.385 e. The molecule has 0 rings (SSSR count). The minimum Gasteiger partial charge on any atom is -0.385 e. The van der Waals surface area contributed by atoms with Gasteiger partial charge < -0.3 is 20.7 Å². The number of likely N-dealkylation sites (N-methyl/N-ethyl adjacent to an activating group) is 1. The van der Waals surface area contributed by atoms with Gasteiger partial charge in [-0.1, -0.05) is 0 Å². The molecule has 1 unspecified atom stereocenters. The van der Waals surface area contributed by atoms with Crippen LogP contribution in [-0.2, 0) is 9.53 Å². The second kappa shape index (κ2) is 8.64. The normalized spacial score (nSPS) is 12.9. The highest BCUT2D eigenvalue weighted by molar-refractivity contribution is 5.80. The zero-order valence-corrected chi connectivity index (χ0v) is 9.95. The highest BCUT2D eigenvalue weighted by Gasteiger charge is 2.06. The molecule has 0 saturated heterocycles. The molecule has 0 spiro atoms. The lowest BCUT2D eigenvalue weighted by Crippen LogP contribution is -2.41. The van der Waals surface area contributed by atoms with Crippen LogP contribution in [0.2, 0.25) is 0 Å². The lowest BCUT2D eigenvalue weighted by atomic mass is 10.3. The Balaban J connectivity index is 3.38. The van der Waals surface area contributed by atoms with E-state index in [1.54, 1.807) is 14.0 Å². The van der Waals surface area contributed by atoms with Crippen molar-refractivity contribution in [2.75, 3.05) is 40.4 Å². The lowest BCUT2D eigenvalue weighted by Gasteiger charge is -2.17. The molecule has 3 N–H and O–H groups in total. The number of methoxy groups -OCH3 is 1. The second-order valence-corrected chi connectivity index (χ2v) is 3.73. The summed E-state index contributed by atoms with van der Waals surface area (Å²) in [6.07, 6.45) is 1.01. The number of carbonyl (C=O) groups is 1. The fourth-order valence-electron chi connectivity index (χ4n) is 1.12. The van der Waals surface area contributed by atoms with Gasteiger partial charge in [0.25, 0.3) is 0 Å². The number of amides is 1. The maximum atomic E-state index is 11.1. The number of nitrogens with two attached hydrogens (primary N) is 1. The quantitative estimate of drug-likeness (QED) is 0.534.